The first-order valence-electron chi connectivity index (χ1n) is 7.16. The number of nitrogens with one attached hydrogen (secondary N) is 1. The minimum atomic E-state index is -4.58. The smallest absolute Gasteiger partial charge is 0.316 e. The van der Waals surface area contributed by atoms with Crippen LogP contribution in [0.15, 0.2) is 48.0 Å². The van der Waals surface area contributed by atoms with Crippen molar-refractivity contribution in [2.75, 3.05) is 5.32 Å². The predicted molar refractivity (Wildman–Crippen MR) is 91.8 cm³/mol. The molecule has 2 aromatic carbocycles. The van der Waals surface area contributed by atoms with Crippen molar-refractivity contribution in [2.24, 2.45) is 0 Å². The maximum Gasteiger partial charge on any atom is 0.416 e. The quantitative estimate of drug-likeness (QED) is 0.347. The Morgan fingerprint density at radius 2 is 1.96 bits per heavy atom. The van der Waals surface area contributed by atoms with Gasteiger partial charge in [0.25, 0.3) is 11.6 Å². The molecule has 10 heteroatoms. The molecule has 0 saturated carbocycles. The third-order valence-corrected chi connectivity index (χ3v) is 3.53. The highest BCUT2D eigenvalue weighted by atomic mass is 35.5. The summed E-state index contributed by atoms with van der Waals surface area (Å²) in [5.41, 5.74) is -2.20. The van der Waals surface area contributed by atoms with E-state index in [1.165, 1.54) is 18.2 Å². The van der Waals surface area contributed by atoms with E-state index in [9.17, 15) is 28.1 Å². The van der Waals surface area contributed by atoms with Crippen molar-refractivity contribution < 1.29 is 22.9 Å². The molecule has 0 heterocycles. The monoisotopic (exact) mass is 395 g/mol. The number of amides is 1. The van der Waals surface area contributed by atoms with Crippen LogP contribution in [0.5, 0.6) is 0 Å². The summed E-state index contributed by atoms with van der Waals surface area (Å²) in [6, 6.07) is 9.08. The Bertz CT molecular complexity index is 981. The molecule has 2 aromatic rings. The van der Waals surface area contributed by atoms with Gasteiger partial charge in [0.2, 0.25) is 0 Å². The van der Waals surface area contributed by atoms with Gasteiger partial charge in [0.15, 0.2) is 0 Å². The second-order valence-electron chi connectivity index (χ2n) is 5.17. The molecule has 2 rings (SSSR count). The van der Waals surface area contributed by atoms with Gasteiger partial charge in [-0.25, -0.2) is 0 Å². The topological polar surface area (TPSA) is 96.0 Å². The lowest BCUT2D eigenvalue weighted by atomic mass is 10.1. The van der Waals surface area contributed by atoms with Gasteiger partial charge in [-0.05, 0) is 35.9 Å². The van der Waals surface area contributed by atoms with E-state index in [4.69, 9.17) is 16.9 Å². The Kier molecular flexibility index (Phi) is 5.82. The van der Waals surface area contributed by atoms with Crippen molar-refractivity contribution in [2.45, 2.75) is 6.18 Å². The molecule has 1 N–H and O–H groups in total. The normalized spacial score (nSPS) is 11.6. The summed E-state index contributed by atoms with van der Waals surface area (Å²) in [7, 11) is 0. The number of carbonyl (C=O) groups excluding carboxylic acids is 1. The summed E-state index contributed by atoms with van der Waals surface area (Å²) in [5, 5.41) is 22.4. The molecule has 0 aromatic heterocycles. The maximum absolute atomic E-state index is 12.7. The first-order chi connectivity index (χ1) is 12.6. The number of alkyl halides is 3. The SMILES string of the molecule is N#CC(=Cc1cccc(C(F)(F)F)c1)C(=O)Nc1ccc(Cl)cc1[N+](=O)[O-]. The van der Waals surface area contributed by atoms with E-state index >= 15 is 0 Å². The number of carbonyl (C=O) groups is 1. The number of nitro benzene ring substituents is 1. The fourth-order valence-electron chi connectivity index (χ4n) is 2.07. The van der Waals surface area contributed by atoms with Crippen LogP contribution in [0.2, 0.25) is 5.02 Å². The van der Waals surface area contributed by atoms with E-state index in [1.807, 2.05) is 0 Å². The second-order valence-corrected chi connectivity index (χ2v) is 5.60. The van der Waals surface area contributed by atoms with Crippen LogP contribution in [0.4, 0.5) is 24.5 Å². The first kappa shape index (κ1) is 19.9. The highest BCUT2D eigenvalue weighted by Crippen LogP contribution is 2.30. The predicted octanol–water partition coefficient (Wildman–Crippen LogP) is 4.81. The standard InChI is InChI=1S/C17H9ClF3N3O3/c18-13-4-5-14(15(8-13)24(26)27)23-16(25)11(9-22)6-10-2-1-3-12(7-10)17(19,20)21/h1-8H,(H,23,25). The maximum atomic E-state index is 12.7. The number of benzene rings is 2. The fraction of sp³-hybridized carbons (Fsp3) is 0.0588. The van der Waals surface area contributed by atoms with Crippen molar-refractivity contribution in [1.29, 1.82) is 5.26 Å². The highest BCUT2D eigenvalue weighted by Gasteiger charge is 2.30. The molecular weight excluding hydrogens is 387 g/mol. The molecular formula is C17H9ClF3N3O3. The molecule has 0 aliphatic rings. The molecule has 6 nitrogen and oxygen atoms in total. The van der Waals surface area contributed by atoms with E-state index in [1.54, 1.807) is 6.07 Å². The minimum Gasteiger partial charge on any atom is -0.316 e. The molecule has 1 amide bonds. The largest absolute Gasteiger partial charge is 0.416 e. The molecule has 0 atom stereocenters. The van der Waals surface area contributed by atoms with Gasteiger partial charge in [-0.2, -0.15) is 18.4 Å². The molecule has 0 saturated heterocycles. The summed E-state index contributed by atoms with van der Waals surface area (Å²) in [5.74, 6) is -1.01. The van der Waals surface area contributed by atoms with Gasteiger partial charge in [-0.15, -0.1) is 0 Å². The molecule has 0 fully saturated rings. The van der Waals surface area contributed by atoms with Gasteiger partial charge in [0, 0.05) is 11.1 Å². The van der Waals surface area contributed by atoms with Crippen molar-refractivity contribution in [1.82, 2.24) is 0 Å². The van der Waals surface area contributed by atoms with E-state index < -0.39 is 33.8 Å². The molecule has 0 radical (unpaired) electrons. The lowest BCUT2D eigenvalue weighted by Gasteiger charge is -2.08. The Morgan fingerprint density at radius 1 is 1.26 bits per heavy atom. The molecule has 138 valence electrons. The number of anilines is 1. The van der Waals surface area contributed by atoms with E-state index in [2.05, 4.69) is 5.32 Å². The van der Waals surface area contributed by atoms with Crippen LogP contribution in [0, 0.1) is 21.4 Å². The van der Waals surface area contributed by atoms with Gasteiger partial charge in [-0.3, -0.25) is 14.9 Å². The summed E-state index contributed by atoms with van der Waals surface area (Å²) in [6.07, 6.45) is -3.63. The van der Waals surface area contributed by atoms with Crippen molar-refractivity contribution >= 4 is 35.0 Å². The average molecular weight is 396 g/mol. The van der Waals surface area contributed by atoms with Crippen LogP contribution in [-0.4, -0.2) is 10.8 Å². The third kappa shape index (κ3) is 5.05. The number of halogens is 4. The van der Waals surface area contributed by atoms with E-state index in [0.717, 1.165) is 30.3 Å². The van der Waals surface area contributed by atoms with Gasteiger partial charge in [0.1, 0.15) is 17.3 Å². The Hall–Kier alpha value is -3.38. The van der Waals surface area contributed by atoms with Gasteiger partial charge in [0.05, 0.1) is 10.5 Å². The molecule has 0 aliphatic heterocycles. The summed E-state index contributed by atoms with van der Waals surface area (Å²) >= 11 is 5.67. The molecule has 0 bridgehead atoms. The van der Waals surface area contributed by atoms with Crippen LogP contribution >= 0.6 is 11.6 Å². The number of nitriles is 1. The summed E-state index contributed by atoms with van der Waals surface area (Å²) in [4.78, 5) is 22.5. The molecule has 27 heavy (non-hydrogen) atoms. The highest BCUT2D eigenvalue weighted by molar-refractivity contribution is 6.31. The zero-order valence-electron chi connectivity index (χ0n) is 13.2. The lowest BCUT2D eigenvalue weighted by Crippen LogP contribution is -2.14. The number of rotatable bonds is 4. The van der Waals surface area contributed by atoms with Crippen molar-refractivity contribution in [3.05, 3.63) is 74.3 Å². The minimum absolute atomic E-state index is 0.0258. The number of hydrogen-bond donors (Lipinski definition) is 1. The van der Waals surface area contributed by atoms with Crippen LogP contribution in [0.25, 0.3) is 6.08 Å². The van der Waals surface area contributed by atoms with Crippen molar-refractivity contribution in [3.8, 4) is 6.07 Å². The van der Waals surface area contributed by atoms with Crippen LogP contribution in [0.3, 0.4) is 0 Å². The summed E-state index contributed by atoms with van der Waals surface area (Å²) < 4.78 is 38.2. The van der Waals surface area contributed by atoms with E-state index in [-0.39, 0.29) is 16.3 Å². The van der Waals surface area contributed by atoms with Gasteiger partial charge in [-0.1, -0.05) is 23.7 Å². The zero-order valence-corrected chi connectivity index (χ0v) is 14.0. The second kappa shape index (κ2) is 7.88. The van der Waals surface area contributed by atoms with Gasteiger partial charge < -0.3 is 5.32 Å². The summed E-state index contributed by atoms with van der Waals surface area (Å²) in [6.45, 7) is 0. The van der Waals surface area contributed by atoms with Crippen LogP contribution < -0.4 is 5.32 Å². The third-order valence-electron chi connectivity index (χ3n) is 3.29. The Labute approximate surface area is 155 Å². The molecule has 0 spiro atoms. The Balaban J connectivity index is 2.34. The number of nitro groups is 1. The van der Waals surface area contributed by atoms with Gasteiger partial charge >= 0.3 is 6.18 Å². The fourth-order valence-corrected chi connectivity index (χ4v) is 2.24. The zero-order chi connectivity index (χ0) is 20.2. The van der Waals surface area contributed by atoms with Crippen molar-refractivity contribution in [3.63, 3.8) is 0 Å². The Morgan fingerprint density at radius 3 is 2.56 bits per heavy atom. The molecule has 0 aliphatic carbocycles. The first-order valence-corrected chi connectivity index (χ1v) is 7.54. The lowest BCUT2D eigenvalue weighted by molar-refractivity contribution is -0.383. The number of hydrogen-bond acceptors (Lipinski definition) is 4. The van der Waals surface area contributed by atoms with Crippen LogP contribution in [0.1, 0.15) is 11.1 Å². The molecule has 0 unspecified atom stereocenters. The average Bonchev–Trinajstić information content (AvgIpc) is 2.60. The number of nitrogens with zero attached hydrogens (tertiary/aromatic N) is 2. The van der Waals surface area contributed by atoms with Crippen LogP contribution in [-0.2, 0) is 11.0 Å². The van der Waals surface area contributed by atoms with E-state index in [0.29, 0.717) is 0 Å².